The van der Waals surface area contributed by atoms with Crippen LogP contribution in [0.15, 0.2) is 54.6 Å². The summed E-state index contributed by atoms with van der Waals surface area (Å²) in [6.07, 6.45) is 3.64. The number of piperidine rings is 1. The highest BCUT2D eigenvalue weighted by molar-refractivity contribution is 5.94. The summed E-state index contributed by atoms with van der Waals surface area (Å²) in [5.74, 6) is 0.809. The highest BCUT2D eigenvalue weighted by atomic mass is 16.1. The average molecular weight is 340 g/mol. The molecule has 0 atom stereocenters. The van der Waals surface area contributed by atoms with E-state index in [0.717, 1.165) is 18.7 Å². The van der Waals surface area contributed by atoms with Crippen LogP contribution in [-0.4, -0.2) is 18.9 Å². The summed E-state index contributed by atoms with van der Waals surface area (Å²) in [7, 11) is 0. The Bertz CT molecular complexity index is 610. The predicted octanol–water partition coefficient (Wildman–Crippen LogP) is 6.33. The lowest BCUT2D eigenvalue weighted by Gasteiger charge is -2.34. The molecule has 0 amide bonds. The number of carbonyl (C=O) groups is 1. The van der Waals surface area contributed by atoms with Crippen molar-refractivity contribution in [2.75, 3.05) is 18.0 Å². The first-order valence-corrected chi connectivity index (χ1v) is 9.06. The second-order valence-corrected chi connectivity index (χ2v) is 6.48. The van der Waals surface area contributed by atoms with E-state index in [4.69, 9.17) is 0 Å². The molecule has 0 unspecified atom stereocenters. The molecule has 0 radical (unpaired) electrons. The van der Waals surface area contributed by atoms with Crippen LogP contribution in [0.4, 0.5) is 5.69 Å². The van der Waals surface area contributed by atoms with E-state index in [9.17, 15) is 4.79 Å². The first kappa shape index (κ1) is 21.0. The molecule has 1 aliphatic rings. The average Bonchev–Trinajstić information content (AvgIpc) is 2.63. The van der Waals surface area contributed by atoms with Crippen LogP contribution in [-0.2, 0) is 0 Å². The van der Waals surface area contributed by atoms with Gasteiger partial charge in [0.25, 0.3) is 0 Å². The van der Waals surface area contributed by atoms with E-state index in [2.05, 4.69) is 61.2 Å². The van der Waals surface area contributed by atoms with Crippen molar-refractivity contribution in [1.29, 1.82) is 0 Å². The van der Waals surface area contributed by atoms with Gasteiger partial charge in [0.15, 0.2) is 5.78 Å². The molecule has 1 fully saturated rings. The van der Waals surface area contributed by atoms with Gasteiger partial charge in [-0.1, -0.05) is 58.0 Å². The Morgan fingerprint density at radius 3 is 1.96 bits per heavy atom. The number of rotatable bonds is 3. The minimum absolute atomic E-state index is 0. The van der Waals surface area contributed by atoms with Crippen molar-refractivity contribution in [3.63, 3.8) is 0 Å². The smallest absolute Gasteiger partial charge is 0.159 e. The Morgan fingerprint density at radius 1 is 0.960 bits per heavy atom. The third kappa shape index (κ3) is 6.04. The molecule has 25 heavy (non-hydrogen) atoms. The van der Waals surface area contributed by atoms with Gasteiger partial charge in [-0.05, 0) is 55.5 Å². The fraction of sp³-hybridized carbons (Fsp3) is 0.435. The summed E-state index contributed by atoms with van der Waals surface area (Å²) in [5.41, 5.74) is 3.48. The largest absolute Gasteiger partial charge is 0.371 e. The van der Waals surface area contributed by atoms with Gasteiger partial charge in [0.1, 0.15) is 0 Å². The van der Waals surface area contributed by atoms with E-state index in [0.29, 0.717) is 5.92 Å². The van der Waals surface area contributed by atoms with Gasteiger partial charge in [-0.3, -0.25) is 4.79 Å². The van der Waals surface area contributed by atoms with Gasteiger partial charge < -0.3 is 4.90 Å². The molecule has 136 valence electrons. The fourth-order valence-electron chi connectivity index (χ4n) is 3.10. The zero-order valence-electron chi connectivity index (χ0n) is 15.2. The summed E-state index contributed by atoms with van der Waals surface area (Å²) in [6.45, 7) is 8.03. The van der Waals surface area contributed by atoms with E-state index >= 15 is 0 Å². The first-order chi connectivity index (χ1) is 11.7. The number of benzene rings is 2. The SMILES string of the molecule is C.CC(=O)c1ccc(N2CCC(c3ccccc3)CC2)cc1.CCC. The molecule has 0 N–H and O–H groups in total. The van der Waals surface area contributed by atoms with E-state index in [1.165, 1.54) is 30.5 Å². The van der Waals surface area contributed by atoms with Crippen LogP contribution in [0.3, 0.4) is 0 Å². The van der Waals surface area contributed by atoms with Crippen molar-refractivity contribution in [2.45, 2.75) is 53.4 Å². The maximum absolute atomic E-state index is 11.3. The molecule has 0 saturated carbocycles. The minimum Gasteiger partial charge on any atom is -0.371 e. The summed E-state index contributed by atoms with van der Waals surface area (Å²) in [4.78, 5) is 13.7. The molecule has 2 aromatic carbocycles. The third-order valence-electron chi connectivity index (χ3n) is 4.40. The second-order valence-electron chi connectivity index (χ2n) is 6.48. The summed E-state index contributed by atoms with van der Waals surface area (Å²) in [5, 5.41) is 0. The summed E-state index contributed by atoms with van der Waals surface area (Å²) < 4.78 is 0. The molecular weight excluding hydrogens is 306 g/mol. The molecule has 1 aliphatic heterocycles. The van der Waals surface area contributed by atoms with Crippen molar-refractivity contribution < 1.29 is 4.79 Å². The Morgan fingerprint density at radius 2 is 1.48 bits per heavy atom. The monoisotopic (exact) mass is 339 g/mol. The molecule has 0 bridgehead atoms. The zero-order chi connectivity index (χ0) is 17.4. The number of hydrogen-bond acceptors (Lipinski definition) is 2. The van der Waals surface area contributed by atoms with Gasteiger partial charge in [0, 0.05) is 24.3 Å². The third-order valence-corrected chi connectivity index (χ3v) is 4.40. The van der Waals surface area contributed by atoms with E-state index in [1.54, 1.807) is 6.92 Å². The molecular formula is C23H33NO. The van der Waals surface area contributed by atoms with Crippen LogP contribution >= 0.6 is 0 Å². The maximum Gasteiger partial charge on any atom is 0.159 e. The standard InChI is InChI=1S/C19H21NO.C3H8.CH4/c1-15(21)16-7-9-19(10-8-16)20-13-11-18(12-14-20)17-5-3-2-4-6-17;1-3-2;/h2-10,18H,11-14H2,1H3;3H2,1-2H3;1H4. The summed E-state index contributed by atoms with van der Waals surface area (Å²) >= 11 is 0. The Hall–Kier alpha value is -2.09. The molecule has 1 saturated heterocycles. The lowest BCUT2D eigenvalue weighted by atomic mass is 9.89. The predicted molar refractivity (Wildman–Crippen MR) is 110 cm³/mol. The van der Waals surface area contributed by atoms with E-state index in [1.807, 2.05) is 12.1 Å². The van der Waals surface area contributed by atoms with Gasteiger partial charge in [-0.15, -0.1) is 0 Å². The lowest BCUT2D eigenvalue weighted by molar-refractivity contribution is 0.101. The Labute approximate surface area is 153 Å². The van der Waals surface area contributed by atoms with Crippen LogP contribution in [0.1, 0.15) is 69.3 Å². The van der Waals surface area contributed by atoms with Crippen LogP contribution in [0.25, 0.3) is 0 Å². The second kappa shape index (κ2) is 10.7. The van der Waals surface area contributed by atoms with Crippen LogP contribution in [0.5, 0.6) is 0 Å². The highest BCUT2D eigenvalue weighted by Crippen LogP contribution is 2.30. The van der Waals surface area contributed by atoms with Gasteiger partial charge in [-0.25, -0.2) is 0 Å². The van der Waals surface area contributed by atoms with Crippen LogP contribution < -0.4 is 4.90 Å². The first-order valence-electron chi connectivity index (χ1n) is 9.06. The number of nitrogens with zero attached hydrogens (tertiary/aromatic N) is 1. The number of hydrogen-bond donors (Lipinski definition) is 0. The van der Waals surface area contributed by atoms with Gasteiger partial charge in [0.2, 0.25) is 0 Å². The van der Waals surface area contributed by atoms with E-state index < -0.39 is 0 Å². The molecule has 0 aliphatic carbocycles. The van der Waals surface area contributed by atoms with Crippen molar-refractivity contribution in [3.05, 3.63) is 65.7 Å². The molecule has 2 nitrogen and oxygen atoms in total. The highest BCUT2D eigenvalue weighted by Gasteiger charge is 2.20. The number of carbonyl (C=O) groups excluding carboxylic acids is 1. The lowest BCUT2D eigenvalue weighted by Crippen LogP contribution is -2.32. The quantitative estimate of drug-likeness (QED) is 0.609. The van der Waals surface area contributed by atoms with E-state index in [-0.39, 0.29) is 13.2 Å². The zero-order valence-corrected chi connectivity index (χ0v) is 15.2. The van der Waals surface area contributed by atoms with Crippen LogP contribution in [0.2, 0.25) is 0 Å². The minimum atomic E-state index is 0. The number of anilines is 1. The topological polar surface area (TPSA) is 20.3 Å². The molecule has 0 spiro atoms. The Kier molecular flexibility index (Phi) is 8.98. The molecule has 0 aromatic heterocycles. The van der Waals surface area contributed by atoms with Crippen molar-refractivity contribution in [3.8, 4) is 0 Å². The molecule has 3 rings (SSSR count). The maximum atomic E-state index is 11.3. The molecule has 1 heterocycles. The summed E-state index contributed by atoms with van der Waals surface area (Å²) in [6, 6.07) is 18.8. The van der Waals surface area contributed by atoms with Gasteiger partial charge >= 0.3 is 0 Å². The Balaban J connectivity index is 0.000000730. The molecule has 2 aromatic rings. The molecule has 2 heteroatoms. The normalized spacial score (nSPS) is 14.1. The van der Waals surface area contributed by atoms with Gasteiger partial charge in [0.05, 0.1) is 0 Å². The number of Topliss-reactive ketones (excluding diaryl/α,β-unsaturated/α-hetero) is 1. The van der Waals surface area contributed by atoms with Crippen molar-refractivity contribution >= 4 is 11.5 Å². The fourth-order valence-corrected chi connectivity index (χ4v) is 3.10. The van der Waals surface area contributed by atoms with Crippen molar-refractivity contribution in [2.24, 2.45) is 0 Å². The van der Waals surface area contributed by atoms with Gasteiger partial charge in [-0.2, -0.15) is 0 Å². The number of ketones is 1. The van der Waals surface area contributed by atoms with Crippen LogP contribution in [0, 0.1) is 0 Å². The van der Waals surface area contributed by atoms with Crippen molar-refractivity contribution in [1.82, 2.24) is 0 Å².